The smallest absolute Gasteiger partial charge is 0.176 e. The second kappa shape index (κ2) is 3.11. The summed E-state index contributed by atoms with van der Waals surface area (Å²) in [6.45, 7) is 6.35. The van der Waals surface area contributed by atoms with E-state index in [1.807, 2.05) is 0 Å². The van der Waals surface area contributed by atoms with Gasteiger partial charge in [-0.3, -0.25) is 0 Å². The normalized spacial score (nSPS) is 21.1. The number of rotatable bonds is 0. The van der Waals surface area contributed by atoms with Gasteiger partial charge < -0.3 is 10.6 Å². The standard InChI is InChI=1S/C8H12N2S2/c1-8(2,3)4-5-6(11)10-7(12)9-5/h4H,1-3H3,(H2,9,10,11,12)/b5-4-. The Labute approximate surface area is 83.4 Å². The summed E-state index contributed by atoms with van der Waals surface area (Å²) in [4.78, 5) is 0.690. The molecule has 1 aliphatic heterocycles. The van der Waals surface area contributed by atoms with E-state index in [4.69, 9.17) is 24.4 Å². The largest absolute Gasteiger partial charge is 0.330 e. The lowest BCUT2D eigenvalue weighted by Gasteiger charge is -2.12. The first-order valence-electron chi connectivity index (χ1n) is 3.74. The molecule has 0 aromatic rings. The van der Waals surface area contributed by atoms with Crippen molar-refractivity contribution in [1.82, 2.24) is 10.6 Å². The molecule has 0 saturated carbocycles. The third-order valence-electron chi connectivity index (χ3n) is 1.30. The number of nitrogens with one attached hydrogen (secondary N) is 2. The second-order valence-corrected chi connectivity index (χ2v) is 4.65. The molecule has 0 unspecified atom stereocenters. The topological polar surface area (TPSA) is 24.1 Å². The Kier molecular flexibility index (Phi) is 2.49. The number of allylic oxidation sites excluding steroid dienone is 1. The van der Waals surface area contributed by atoms with Gasteiger partial charge >= 0.3 is 0 Å². The molecular formula is C8H12N2S2. The fraction of sp³-hybridized carbons (Fsp3) is 0.500. The van der Waals surface area contributed by atoms with Gasteiger partial charge in [0.2, 0.25) is 0 Å². The van der Waals surface area contributed by atoms with E-state index in [9.17, 15) is 0 Å². The van der Waals surface area contributed by atoms with Crippen LogP contribution in [0.4, 0.5) is 0 Å². The molecule has 12 heavy (non-hydrogen) atoms. The maximum Gasteiger partial charge on any atom is 0.176 e. The molecule has 0 aliphatic carbocycles. The van der Waals surface area contributed by atoms with E-state index in [1.165, 1.54) is 0 Å². The highest BCUT2D eigenvalue weighted by Gasteiger charge is 2.18. The van der Waals surface area contributed by atoms with Crippen LogP contribution in [-0.4, -0.2) is 10.1 Å². The minimum absolute atomic E-state index is 0.119. The zero-order chi connectivity index (χ0) is 9.35. The molecule has 1 heterocycles. The Morgan fingerprint density at radius 1 is 1.17 bits per heavy atom. The summed E-state index contributed by atoms with van der Waals surface area (Å²) in [5, 5.41) is 6.47. The molecular weight excluding hydrogens is 188 g/mol. The average molecular weight is 200 g/mol. The van der Waals surface area contributed by atoms with Gasteiger partial charge in [0.15, 0.2) is 5.11 Å². The van der Waals surface area contributed by atoms with Crippen LogP contribution in [0.15, 0.2) is 11.8 Å². The van der Waals surface area contributed by atoms with Gasteiger partial charge in [0, 0.05) is 0 Å². The van der Waals surface area contributed by atoms with Crippen molar-refractivity contribution >= 4 is 34.5 Å². The average Bonchev–Trinajstić information content (AvgIpc) is 2.06. The van der Waals surface area contributed by atoms with Crippen LogP contribution in [0.2, 0.25) is 0 Å². The minimum atomic E-state index is 0.119. The van der Waals surface area contributed by atoms with Crippen molar-refractivity contribution in [2.75, 3.05) is 0 Å². The van der Waals surface area contributed by atoms with Crippen LogP contribution >= 0.6 is 24.4 Å². The molecule has 0 spiro atoms. The molecule has 0 bridgehead atoms. The first-order valence-corrected chi connectivity index (χ1v) is 4.55. The lowest BCUT2D eigenvalue weighted by atomic mass is 9.95. The summed E-state index contributed by atoms with van der Waals surface area (Å²) < 4.78 is 0. The van der Waals surface area contributed by atoms with E-state index in [-0.39, 0.29) is 5.41 Å². The van der Waals surface area contributed by atoms with Gasteiger partial charge in [0.1, 0.15) is 4.99 Å². The molecule has 2 nitrogen and oxygen atoms in total. The summed E-state index contributed by atoms with van der Waals surface area (Å²) in [7, 11) is 0. The fourth-order valence-corrected chi connectivity index (χ4v) is 1.40. The van der Waals surface area contributed by atoms with Gasteiger partial charge in [-0.1, -0.05) is 39.1 Å². The van der Waals surface area contributed by atoms with Crippen molar-refractivity contribution in [2.24, 2.45) is 5.41 Å². The van der Waals surface area contributed by atoms with Crippen molar-refractivity contribution in [3.05, 3.63) is 11.8 Å². The highest BCUT2D eigenvalue weighted by molar-refractivity contribution is 7.82. The Bertz CT molecular complexity index is 261. The number of hydrogen-bond acceptors (Lipinski definition) is 2. The van der Waals surface area contributed by atoms with Crippen LogP contribution in [-0.2, 0) is 0 Å². The van der Waals surface area contributed by atoms with Crippen LogP contribution in [0.3, 0.4) is 0 Å². The first kappa shape index (κ1) is 9.61. The van der Waals surface area contributed by atoms with E-state index in [0.717, 1.165) is 5.70 Å². The molecule has 1 rings (SSSR count). The molecule has 0 atom stereocenters. The number of hydrogen-bond donors (Lipinski definition) is 2. The SMILES string of the molecule is CC(C)(C)/C=C1\NC(=S)NC1=S. The summed E-state index contributed by atoms with van der Waals surface area (Å²) in [6, 6.07) is 0. The Balaban J connectivity index is 2.84. The zero-order valence-electron chi connectivity index (χ0n) is 7.39. The van der Waals surface area contributed by atoms with Crippen molar-refractivity contribution in [1.29, 1.82) is 0 Å². The van der Waals surface area contributed by atoms with Gasteiger partial charge in [-0.2, -0.15) is 0 Å². The summed E-state index contributed by atoms with van der Waals surface area (Å²) in [5.74, 6) is 0. The van der Waals surface area contributed by atoms with Crippen LogP contribution < -0.4 is 10.6 Å². The lowest BCUT2D eigenvalue weighted by molar-refractivity contribution is 0.540. The van der Waals surface area contributed by atoms with Crippen LogP contribution in [0, 0.1) is 5.41 Å². The predicted octanol–water partition coefficient (Wildman–Crippen LogP) is 1.72. The number of thiocarbonyl (C=S) groups is 2. The fourth-order valence-electron chi connectivity index (χ4n) is 0.915. The Hall–Kier alpha value is -0.480. The Morgan fingerprint density at radius 3 is 2.08 bits per heavy atom. The van der Waals surface area contributed by atoms with Crippen molar-refractivity contribution < 1.29 is 0 Å². The van der Waals surface area contributed by atoms with Crippen molar-refractivity contribution in [2.45, 2.75) is 20.8 Å². The molecule has 0 amide bonds. The molecule has 0 aromatic heterocycles. The molecule has 0 radical (unpaired) electrons. The van der Waals surface area contributed by atoms with Gasteiger partial charge in [0.25, 0.3) is 0 Å². The molecule has 1 fully saturated rings. The van der Waals surface area contributed by atoms with E-state index < -0.39 is 0 Å². The zero-order valence-corrected chi connectivity index (χ0v) is 9.03. The van der Waals surface area contributed by atoms with E-state index in [1.54, 1.807) is 0 Å². The minimum Gasteiger partial charge on any atom is -0.330 e. The van der Waals surface area contributed by atoms with Crippen LogP contribution in [0.1, 0.15) is 20.8 Å². The lowest BCUT2D eigenvalue weighted by Crippen LogP contribution is -2.21. The van der Waals surface area contributed by atoms with Crippen molar-refractivity contribution in [3.8, 4) is 0 Å². The molecule has 1 saturated heterocycles. The molecule has 1 aliphatic rings. The third-order valence-corrected chi connectivity index (χ3v) is 1.82. The summed E-state index contributed by atoms with van der Waals surface area (Å²) >= 11 is 9.97. The molecule has 66 valence electrons. The van der Waals surface area contributed by atoms with Gasteiger partial charge in [-0.25, -0.2) is 0 Å². The third kappa shape index (κ3) is 2.53. The van der Waals surface area contributed by atoms with E-state index in [2.05, 4.69) is 37.5 Å². The molecule has 2 N–H and O–H groups in total. The van der Waals surface area contributed by atoms with Gasteiger partial charge in [-0.15, -0.1) is 0 Å². The monoisotopic (exact) mass is 200 g/mol. The predicted molar refractivity (Wildman–Crippen MR) is 59.0 cm³/mol. The molecule has 0 aromatic carbocycles. The van der Waals surface area contributed by atoms with Gasteiger partial charge in [-0.05, 0) is 17.6 Å². The van der Waals surface area contributed by atoms with Crippen LogP contribution in [0.25, 0.3) is 0 Å². The van der Waals surface area contributed by atoms with Gasteiger partial charge in [0.05, 0.1) is 5.70 Å². The highest BCUT2D eigenvalue weighted by atomic mass is 32.1. The quantitative estimate of drug-likeness (QED) is 0.459. The van der Waals surface area contributed by atoms with E-state index >= 15 is 0 Å². The molecule has 4 heteroatoms. The second-order valence-electron chi connectivity index (χ2n) is 3.83. The van der Waals surface area contributed by atoms with E-state index in [0.29, 0.717) is 10.1 Å². The summed E-state index contributed by atoms with van der Waals surface area (Å²) in [6.07, 6.45) is 2.07. The highest BCUT2D eigenvalue weighted by Crippen LogP contribution is 2.18. The maximum atomic E-state index is 5.06. The maximum absolute atomic E-state index is 5.06. The Morgan fingerprint density at radius 2 is 1.75 bits per heavy atom. The first-order chi connectivity index (χ1) is 5.38. The van der Waals surface area contributed by atoms with Crippen LogP contribution in [0.5, 0.6) is 0 Å². The van der Waals surface area contributed by atoms with Crippen molar-refractivity contribution in [3.63, 3.8) is 0 Å². The summed E-state index contributed by atoms with van der Waals surface area (Å²) in [5.41, 5.74) is 1.04.